The van der Waals surface area contributed by atoms with Gasteiger partial charge in [-0.15, -0.1) is 0 Å². The molecule has 120 valence electrons. The van der Waals surface area contributed by atoms with Crippen LogP contribution in [0.3, 0.4) is 0 Å². The second kappa shape index (κ2) is 6.56. The van der Waals surface area contributed by atoms with Gasteiger partial charge in [0.1, 0.15) is 11.4 Å². The molecule has 4 N–H and O–H groups in total. The molecule has 1 aromatic rings. The molecule has 2 rings (SSSR count). The molecule has 9 nitrogen and oxygen atoms in total. The summed E-state index contributed by atoms with van der Waals surface area (Å²) in [4.78, 5) is 51.0. The molecule has 1 aliphatic rings. The number of amides is 1. The van der Waals surface area contributed by atoms with Crippen molar-refractivity contribution in [2.24, 2.45) is 0 Å². The molecule has 0 bridgehead atoms. The number of carbonyl (C=O) groups excluding carboxylic acids is 2. The van der Waals surface area contributed by atoms with Crippen LogP contribution in [0.25, 0.3) is 0 Å². The molecular formula is C13H19N5O4. The number of nitrogens with zero attached hydrogens (tertiary/aromatic N) is 2. The molecule has 1 fully saturated rings. The average Bonchev–Trinajstić information content (AvgIpc) is 2.43. The van der Waals surface area contributed by atoms with Gasteiger partial charge in [0.2, 0.25) is 5.91 Å². The molecule has 0 unspecified atom stereocenters. The lowest BCUT2D eigenvalue weighted by Gasteiger charge is -2.25. The summed E-state index contributed by atoms with van der Waals surface area (Å²) in [6.45, 7) is 3.14. The zero-order chi connectivity index (χ0) is 16.3. The maximum absolute atomic E-state index is 12.3. The summed E-state index contributed by atoms with van der Waals surface area (Å²) in [5.74, 6) is -0.794. The van der Waals surface area contributed by atoms with E-state index in [1.807, 2.05) is 6.92 Å². The minimum Gasteiger partial charge on any atom is -0.384 e. The number of ketones is 1. The predicted molar refractivity (Wildman–Crippen MR) is 79.8 cm³/mol. The highest BCUT2D eigenvalue weighted by atomic mass is 16.2. The van der Waals surface area contributed by atoms with Gasteiger partial charge < -0.3 is 11.1 Å². The van der Waals surface area contributed by atoms with Gasteiger partial charge in [-0.1, -0.05) is 6.92 Å². The molecule has 9 heteroatoms. The quantitative estimate of drug-likeness (QED) is 0.547. The van der Waals surface area contributed by atoms with E-state index >= 15 is 0 Å². The van der Waals surface area contributed by atoms with Crippen LogP contribution in [0, 0.1) is 0 Å². The summed E-state index contributed by atoms with van der Waals surface area (Å²) in [6, 6.07) is 0. The molecule has 1 saturated heterocycles. The van der Waals surface area contributed by atoms with Gasteiger partial charge in [-0.25, -0.2) is 4.79 Å². The van der Waals surface area contributed by atoms with Crippen LogP contribution in [0.4, 0.5) is 5.82 Å². The molecule has 0 aromatic carbocycles. The maximum atomic E-state index is 12.3. The number of anilines is 1. The van der Waals surface area contributed by atoms with Gasteiger partial charge in [0.25, 0.3) is 5.56 Å². The van der Waals surface area contributed by atoms with Crippen LogP contribution in [0.2, 0.25) is 0 Å². The Balaban J connectivity index is 2.29. The van der Waals surface area contributed by atoms with E-state index in [2.05, 4.69) is 10.3 Å². The van der Waals surface area contributed by atoms with E-state index in [4.69, 9.17) is 5.73 Å². The first-order valence-electron chi connectivity index (χ1n) is 7.09. The summed E-state index contributed by atoms with van der Waals surface area (Å²) in [6.07, 6.45) is 0.635. The highest BCUT2D eigenvalue weighted by Gasteiger charge is 2.24. The van der Waals surface area contributed by atoms with Crippen molar-refractivity contribution in [3.05, 3.63) is 26.4 Å². The van der Waals surface area contributed by atoms with Crippen molar-refractivity contribution in [2.45, 2.75) is 19.9 Å². The Bertz CT molecular complexity index is 705. The van der Waals surface area contributed by atoms with E-state index in [1.54, 1.807) is 4.90 Å². The Hall–Kier alpha value is -2.42. The predicted octanol–water partition coefficient (Wildman–Crippen LogP) is -1.86. The normalized spacial score (nSPS) is 15.6. The third-order valence-corrected chi connectivity index (χ3v) is 3.45. The first kappa shape index (κ1) is 16.0. The number of nitrogen functional groups attached to an aromatic ring is 1. The number of nitrogens with two attached hydrogens (primary N) is 1. The highest BCUT2D eigenvalue weighted by molar-refractivity contribution is 6.01. The fourth-order valence-electron chi connectivity index (χ4n) is 2.41. The van der Waals surface area contributed by atoms with Crippen molar-refractivity contribution in [3.8, 4) is 0 Å². The minimum absolute atomic E-state index is 0.0922. The monoisotopic (exact) mass is 309 g/mol. The number of hydrogen-bond acceptors (Lipinski definition) is 6. The van der Waals surface area contributed by atoms with Crippen LogP contribution in [-0.4, -0.2) is 52.3 Å². The molecule has 1 amide bonds. The van der Waals surface area contributed by atoms with Crippen molar-refractivity contribution in [2.75, 3.05) is 31.9 Å². The van der Waals surface area contributed by atoms with Gasteiger partial charge >= 0.3 is 5.69 Å². The van der Waals surface area contributed by atoms with E-state index in [9.17, 15) is 19.2 Å². The number of hydrogen-bond donors (Lipinski definition) is 3. The second-order valence-electron chi connectivity index (χ2n) is 5.15. The first-order valence-corrected chi connectivity index (χ1v) is 7.09. The molecule has 2 heterocycles. The van der Waals surface area contributed by atoms with Gasteiger partial charge in [0.05, 0.1) is 13.1 Å². The summed E-state index contributed by atoms with van der Waals surface area (Å²) in [5.41, 5.74) is 4.19. The minimum atomic E-state index is -0.790. The Morgan fingerprint density at radius 1 is 1.32 bits per heavy atom. The average molecular weight is 309 g/mol. The van der Waals surface area contributed by atoms with Crippen molar-refractivity contribution < 1.29 is 9.59 Å². The summed E-state index contributed by atoms with van der Waals surface area (Å²) in [5, 5.41) is 2.65. The van der Waals surface area contributed by atoms with Crippen molar-refractivity contribution >= 4 is 17.5 Å². The summed E-state index contributed by atoms with van der Waals surface area (Å²) in [7, 11) is 0. The third-order valence-electron chi connectivity index (χ3n) is 3.45. The van der Waals surface area contributed by atoms with Gasteiger partial charge in [-0.2, -0.15) is 0 Å². The third kappa shape index (κ3) is 3.25. The smallest absolute Gasteiger partial charge is 0.329 e. The van der Waals surface area contributed by atoms with Crippen LogP contribution < -0.4 is 22.3 Å². The van der Waals surface area contributed by atoms with Gasteiger partial charge in [-0.3, -0.25) is 28.8 Å². The number of Topliss-reactive ketones (excluding diaryl/α,β-unsaturated/α-hetero) is 1. The standard InChI is InChI=1S/C13H19N5O4/c1-2-4-18-11(14)10(12(21)16-13(18)22)8(19)6-17-5-3-15-9(20)7-17/h2-7,14H2,1H3,(H,15,20)(H,16,21,22). The van der Waals surface area contributed by atoms with E-state index in [0.29, 0.717) is 26.1 Å². The highest BCUT2D eigenvalue weighted by Crippen LogP contribution is 2.07. The van der Waals surface area contributed by atoms with Crippen molar-refractivity contribution in [1.82, 2.24) is 19.8 Å². The largest absolute Gasteiger partial charge is 0.384 e. The van der Waals surface area contributed by atoms with Crippen LogP contribution in [0.1, 0.15) is 23.7 Å². The second-order valence-corrected chi connectivity index (χ2v) is 5.15. The molecule has 0 atom stereocenters. The number of carbonyl (C=O) groups is 2. The van der Waals surface area contributed by atoms with Crippen molar-refractivity contribution in [3.63, 3.8) is 0 Å². The zero-order valence-electron chi connectivity index (χ0n) is 12.3. The van der Waals surface area contributed by atoms with Crippen LogP contribution >= 0.6 is 0 Å². The van der Waals surface area contributed by atoms with E-state index in [1.165, 1.54) is 4.57 Å². The lowest BCUT2D eigenvalue weighted by Crippen LogP contribution is -2.49. The molecule has 0 aliphatic carbocycles. The SMILES string of the molecule is CCCn1c(N)c(C(=O)CN2CCNC(=O)C2)c(=O)[nH]c1=O. The Labute approximate surface area is 126 Å². The van der Waals surface area contributed by atoms with Crippen LogP contribution in [-0.2, 0) is 11.3 Å². The van der Waals surface area contributed by atoms with Gasteiger partial charge in [0.15, 0.2) is 5.78 Å². The molecule has 0 radical (unpaired) electrons. The lowest BCUT2D eigenvalue weighted by molar-refractivity contribution is -0.123. The molecule has 1 aromatic heterocycles. The summed E-state index contributed by atoms with van der Waals surface area (Å²) < 4.78 is 1.18. The topological polar surface area (TPSA) is 130 Å². The molecule has 0 spiro atoms. The Morgan fingerprint density at radius 2 is 2.05 bits per heavy atom. The molecule has 1 aliphatic heterocycles. The number of nitrogens with one attached hydrogen (secondary N) is 2. The van der Waals surface area contributed by atoms with E-state index < -0.39 is 17.0 Å². The fourth-order valence-corrected chi connectivity index (χ4v) is 2.41. The number of aromatic amines is 1. The fraction of sp³-hybridized carbons (Fsp3) is 0.538. The molecular weight excluding hydrogens is 290 g/mol. The van der Waals surface area contributed by atoms with Gasteiger partial charge in [0, 0.05) is 19.6 Å². The first-order chi connectivity index (χ1) is 10.4. The Morgan fingerprint density at radius 3 is 2.68 bits per heavy atom. The Kier molecular flexibility index (Phi) is 4.76. The maximum Gasteiger partial charge on any atom is 0.329 e. The van der Waals surface area contributed by atoms with Crippen LogP contribution in [0.5, 0.6) is 0 Å². The molecule has 22 heavy (non-hydrogen) atoms. The van der Waals surface area contributed by atoms with Gasteiger partial charge in [-0.05, 0) is 6.42 Å². The number of piperazine rings is 1. The number of H-pyrrole nitrogens is 1. The zero-order valence-corrected chi connectivity index (χ0v) is 12.3. The van der Waals surface area contributed by atoms with E-state index in [0.717, 1.165) is 0 Å². The number of rotatable bonds is 5. The number of aromatic nitrogens is 2. The van der Waals surface area contributed by atoms with Crippen LogP contribution in [0.15, 0.2) is 9.59 Å². The molecule has 0 saturated carbocycles. The van der Waals surface area contributed by atoms with E-state index in [-0.39, 0.29) is 30.4 Å². The summed E-state index contributed by atoms with van der Waals surface area (Å²) >= 11 is 0. The lowest BCUT2D eigenvalue weighted by atomic mass is 10.1. The van der Waals surface area contributed by atoms with Crippen molar-refractivity contribution in [1.29, 1.82) is 0 Å².